The zero-order chi connectivity index (χ0) is 18.7. The van der Waals surface area contributed by atoms with Crippen molar-refractivity contribution in [2.45, 2.75) is 0 Å². The maximum atomic E-state index is 12.5. The number of amides is 3. The summed E-state index contributed by atoms with van der Waals surface area (Å²) in [5.74, 6) is -0.986. The van der Waals surface area contributed by atoms with Crippen molar-refractivity contribution in [2.24, 2.45) is 0 Å². The highest BCUT2D eigenvalue weighted by Gasteiger charge is 2.30. The van der Waals surface area contributed by atoms with Crippen molar-refractivity contribution in [1.29, 1.82) is 5.26 Å². The molecule has 1 N–H and O–H groups in total. The first-order valence-corrected chi connectivity index (χ1v) is 7.94. The van der Waals surface area contributed by atoms with E-state index in [1.807, 2.05) is 6.07 Å². The third-order valence-corrected chi connectivity index (χ3v) is 4.04. The van der Waals surface area contributed by atoms with Gasteiger partial charge in [-0.05, 0) is 36.4 Å². The van der Waals surface area contributed by atoms with Crippen molar-refractivity contribution in [2.75, 3.05) is 30.4 Å². The van der Waals surface area contributed by atoms with Crippen LogP contribution in [-0.2, 0) is 9.59 Å². The third kappa shape index (κ3) is 3.39. The first-order chi connectivity index (χ1) is 12.5. The van der Waals surface area contributed by atoms with E-state index < -0.39 is 5.91 Å². The van der Waals surface area contributed by atoms with Crippen LogP contribution in [0.25, 0.3) is 0 Å². The van der Waals surface area contributed by atoms with Crippen LogP contribution in [0.2, 0.25) is 0 Å². The van der Waals surface area contributed by atoms with Crippen molar-refractivity contribution in [3.63, 3.8) is 0 Å². The Hall–Kier alpha value is -3.66. The van der Waals surface area contributed by atoms with Crippen molar-refractivity contribution in [1.82, 2.24) is 4.90 Å². The van der Waals surface area contributed by atoms with Crippen LogP contribution in [-0.4, -0.2) is 42.8 Å². The number of benzene rings is 2. The van der Waals surface area contributed by atoms with Crippen molar-refractivity contribution in [3.8, 4) is 6.07 Å². The second-order valence-electron chi connectivity index (χ2n) is 5.90. The van der Waals surface area contributed by atoms with Crippen LogP contribution in [0, 0.1) is 11.3 Å². The first kappa shape index (κ1) is 17.2. The monoisotopic (exact) mass is 348 g/mol. The Morgan fingerprint density at radius 2 is 1.85 bits per heavy atom. The van der Waals surface area contributed by atoms with Crippen molar-refractivity contribution in [3.05, 3.63) is 59.7 Å². The van der Waals surface area contributed by atoms with Gasteiger partial charge in [-0.2, -0.15) is 5.26 Å². The highest BCUT2D eigenvalue weighted by atomic mass is 16.2. The van der Waals surface area contributed by atoms with E-state index in [1.54, 1.807) is 55.6 Å². The van der Waals surface area contributed by atoms with Crippen LogP contribution in [0.3, 0.4) is 0 Å². The fourth-order valence-electron chi connectivity index (χ4n) is 2.74. The average molecular weight is 348 g/mol. The fraction of sp³-hybridized carbons (Fsp3) is 0.158. The Morgan fingerprint density at radius 1 is 1.15 bits per heavy atom. The van der Waals surface area contributed by atoms with Crippen LogP contribution in [0.4, 0.5) is 11.4 Å². The molecule has 3 rings (SSSR count). The van der Waals surface area contributed by atoms with Gasteiger partial charge in [0.05, 0.1) is 22.9 Å². The van der Waals surface area contributed by atoms with Gasteiger partial charge in [0.25, 0.3) is 5.91 Å². The Bertz CT molecular complexity index is 915. The smallest absolute Gasteiger partial charge is 0.256 e. The van der Waals surface area contributed by atoms with E-state index in [0.29, 0.717) is 22.5 Å². The molecule has 0 saturated heterocycles. The molecule has 1 aliphatic heterocycles. The number of nitriles is 1. The number of anilines is 2. The summed E-state index contributed by atoms with van der Waals surface area (Å²) < 4.78 is 0. The molecule has 1 aliphatic rings. The minimum atomic E-state index is -0.394. The highest BCUT2D eigenvalue weighted by molar-refractivity contribution is 6.12. The molecule has 0 bridgehead atoms. The summed E-state index contributed by atoms with van der Waals surface area (Å²) in [6.07, 6.45) is 0. The first-order valence-electron chi connectivity index (χ1n) is 7.94. The van der Waals surface area contributed by atoms with Gasteiger partial charge in [-0.25, -0.2) is 0 Å². The zero-order valence-electron chi connectivity index (χ0n) is 14.1. The van der Waals surface area contributed by atoms with Crippen LogP contribution < -0.4 is 10.2 Å². The van der Waals surface area contributed by atoms with Gasteiger partial charge in [0.2, 0.25) is 11.8 Å². The van der Waals surface area contributed by atoms with Crippen LogP contribution in [0.1, 0.15) is 15.9 Å². The lowest BCUT2D eigenvalue weighted by molar-refractivity contribution is -0.121. The molecule has 3 amide bonds. The highest BCUT2D eigenvalue weighted by Crippen LogP contribution is 2.25. The van der Waals surface area contributed by atoms with Gasteiger partial charge < -0.3 is 15.1 Å². The molecule has 0 radical (unpaired) electrons. The van der Waals surface area contributed by atoms with E-state index in [-0.39, 0.29) is 24.9 Å². The summed E-state index contributed by atoms with van der Waals surface area (Å²) in [6, 6.07) is 15.1. The number of hydrogen-bond donors (Lipinski definition) is 1. The summed E-state index contributed by atoms with van der Waals surface area (Å²) in [6.45, 7) is -0.311. The summed E-state index contributed by atoms with van der Waals surface area (Å²) in [7, 11) is 1.55. The van der Waals surface area contributed by atoms with Gasteiger partial charge >= 0.3 is 0 Å². The molecular weight excluding hydrogens is 332 g/mol. The Kier molecular flexibility index (Phi) is 4.67. The molecule has 0 atom stereocenters. The van der Waals surface area contributed by atoms with Gasteiger partial charge in [-0.15, -0.1) is 0 Å². The van der Waals surface area contributed by atoms with Gasteiger partial charge in [0.15, 0.2) is 0 Å². The molecule has 2 aromatic rings. The lowest BCUT2D eigenvalue weighted by Gasteiger charge is -2.21. The van der Waals surface area contributed by atoms with Gasteiger partial charge in [-0.3, -0.25) is 14.4 Å². The van der Waals surface area contributed by atoms with E-state index in [4.69, 9.17) is 5.26 Å². The number of likely N-dealkylation sites (N-methyl/N-ethyl adjacent to an activating group) is 1. The lowest BCUT2D eigenvalue weighted by atomic mass is 10.1. The number of carbonyl (C=O) groups excluding carboxylic acids is 3. The van der Waals surface area contributed by atoms with Crippen LogP contribution in [0.15, 0.2) is 48.5 Å². The molecule has 0 saturated carbocycles. The number of hydrogen-bond acceptors (Lipinski definition) is 4. The Morgan fingerprint density at radius 3 is 2.54 bits per heavy atom. The van der Waals surface area contributed by atoms with E-state index >= 15 is 0 Å². The standard InChI is InChI=1S/C19H16N4O3/c1-22-12-18(25)23(16-5-3-2-4-15(16)19(22)26)11-17(24)21-14-8-6-13(10-20)7-9-14/h2-9H,11-12H2,1H3,(H,21,24). The molecule has 0 unspecified atom stereocenters. The lowest BCUT2D eigenvalue weighted by Crippen LogP contribution is -2.41. The van der Waals surface area contributed by atoms with E-state index in [0.717, 1.165) is 0 Å². The summed E-state index contributed by atoms with van der Waals surface area (Å²) in [5.41, 5.74) is 1.81. The Balaban J connectivity index is 1.82. The Labute approximate surface area is 150 Å². The van der Waals surface area contributed by atoms with Gasteiger partial charge in [-0.1, -0.05) is 12.1 Å². The second kappa shape index (κ2) is 7.07. The topological polar surface area (TPSA) is 93.5 Å². The van der Waals surface area contributed by atoms with E-state index in [1.165, 1.54) is 9.80 Å². The zero-order valence-corrected chi connectivity index (χ0v) is 14.1. The summed E-state index contributed by atoms with van der Waals surface area (Å²) in [4.78, 5) is 40.0. The number of fused-ring (bicyclic) bond motifs is 1. The van der Waals surface area contributed by atoms with E-state index in [9.17, 15) is 14.4 Å². The van der Waals surface area contributed by atoms with Crippen molar-refractivity contribution >= 4 is 29.1 Å². The fourth-order valence-corrected chi connectivity index (χ4v) is 2.74. The minimum absolute atomic E-state index is 0.0995. The quantitative estimate of drug-likeness (QED) is 0.912. The normalized spacial score (nSPS) is 13.7. The molecule has 130 valence electrons. The number of nitrogens with one attached hydrogen (secondary N) is 1. The van der Waals surface area contributed by atoms with Crippen LogP contribution >= 0.6 is 0 Å². The number of nitrogens with zero attached hydrogens (tertiary/aromatic N) is 3. The number of rotatable bonds is 3. The maximum Gasteiger partial charge on any atom is 0.256 e. The molecule has 7 nitrogen and oxygen atoms in total. The average Bonchev–Trinajstić information content (AvgIpc) is 2.73. The predicted molar refractivity (Wildman–Crippen MR) is 95.5 cm³/mol. The largest absolute Gasteiger partial charge is 0.332 e. The number of para-hydroxylation sites is 1. The summed E-state index contributed by atoms with van der Waals surface area (Å²) in [5, 5.41) is 11.5. The minimum Gasteiger partial charge on any atom is -0.332 e. The molecule has 7 heteroatoms. The van der Waals surface area contributed by atoms with Crippen molar-refractivity contribution < 1.29 is 14.4 Å². The molecule has 0 spiro atoms. The van der Waals surface area contributed by atoms with Gasteiger partial charge in [0, 0.05) is 12.7 Å². The SMILES string of the molecule is CN1CC(=O)N(CC(=O)Nc2ccc(C#N)cc2)c2ccccc2C1=O. The summed E-state index contributed by atoms with van der Waals surface area (Å²) >= 11 is 0. The molecule has 26 heavy (non-hydrogen) atoms. The van der Waals surface area contributed by atoms with Gasteiger partial charge in [0.1, 0.15) is 13.1 Å². The molecule has 0 aromatic heterocycles. The second-order valence-corrected chi connectivity index (χ2v) is 5.90. The predicted octanol–water partition coefficient (Wildman–Crippen LogP) is 1.62. The number of carbonyl (C=O) groups is 3. The van der Waals surface area contributed by atoms with E-state index in [2.05, 4.69) is 5.32 Å². The third-order valence-electron chi connectivity index (χ3n) is 4.04. The van der Waals surface area contributed by atoms with Crippen LogP contribution in [0.5, 0.6) is 0 Å². The molecule has 2 aromatic carbocycles. The molecule has 0 fully saturated rings. The molecule has 0 aliphatic carbocycles. The molecule has 1 heterocycles. The molecular formula is C19H16N4O3. The maximum absolute atomic E-state index is 12.5.